The van der Waals surface area contributed by atoms with Gasteiger partial charge in [-0.1, -0.05) is 36.4 Å². The minimum Gasteiger partial charge on any atom is -0.454 e. The van der Waals surface area contributed by atoms with Gasteiger partial charge in [0.25, 0.3) is 5.91 Å². The molecule has 4 rings (SSSR count). The zero-order valence-electron chi connectivity index (χ0n) is 13.4. The molecular formula is C20H16N2O3. The van der Waals surface area contributed by atoms with E-state index in [1.165, 1.54) is 0 Å². The highest BCUT2D eigenvalue weighted by Gasteiger charge is 2.16. The molecule has 0 spiro atoms. The van der Waals surface area contributed by atoms with Crippen LogP contribution in [0, 0.1) is 0 Å². The molecule has 124 valence electrons. The largest absolute Gasteiger partial charge is 0.454 e. The van der Waals surface area contributed by atoms with E-state index in [0.29, 0.717) is 23.6 Å². The van der Waals surface area contributed by atoms with Crippen molar-refractivity contribution in [3.8, 4) is 22.8 Å². The summed E-state index contributed by atoms with van der Waals surface area (Å²) in [5.41, 5.74) is 3.39. The van der Waals surface area contributed by atoms with Gasteiger partial charge in [-0.15, -0.1) is 0 Å². The molecule has 0 fully saturated rings. The molecule has 25 heavy (non-hydrogen) atoms. The van der Waals surface area contributed by atoms with Crippen LogP contribution in [0.2, 0.25) is 0 Å². The summed E-state index contributed by atoms with van der Waals surface area (Å²) in [6.45, 7) is 0.585. The Bertz CT molecular complexity index is 910. The Morgan fingerprint density at radius 3 is 2.72 bits per heavy atom. The van der Waals surface area contributed by atoms with Gasteiger partial charge in [0.15, 0.2) is 11.5 Å². The molecule has 0 aliphatic carbocycles. The first-order valence-corrected chi connectivity index (χ1v) is 7.98. The van der Waals surface area contributed by atoms with E-state index in [0.717, 1.165) is 16.8 Å². The van der Waals surface area contributed by atoms with Gasteiger partial charge in [0, 0.05) is 23.9 Å². The molecule has 5 nitrogen and oxygen atoms in total. The van der Waals surface area contributed by atoms with Crippen LogP contribution in [-0.2, 0) is 6.54 Å². The van der Waals surface area contributed by atoms with Crippen LogP contribution in [0.1, 0.15) is 15.9 Å². The highest BCUT2D eigenvalue weighted by atomic mass is 16.7. The lowest BCUT2D eigenvalue weighted by Gasteiger charge is -2.10. The summed E-state index contributed by atoms with van der Waals surface area (Å²) in [5.74, 6) is 1.09. The normalized spacial score (nSPS) is 12.0. The van der Waals surface area contributed by atoms with Crippen molar-refractivity contribution in [3.63, 3.8) is 0 Å². The molecule has 1 N–H and O–H groups in total. The third-order valence-corrected chi connectivity index (χ3v) is 4.01. The van der Waals surface area contributed by atoms with E-state index in [2.05, 4.69) is 10.3 Å². The Kier molecular flexibility index (Phi) is 4.04. The van der Waals surface area contributed by atoms with Crippen molar-refractivity contribution in [1.29, 1.82) is 0 Å². The highest BCUT2D eigenvalue weighted by molar-refractivity contribution is 5.95. The van der Waals surface area contributed by atoms with E-state index in [1.807, 2.05) is 42.5 Å². The number of ether oxygens (including phenoxy) is 2. The third kappa shape index (κ3) is 3.17. The van der Waals surface area contributed by atoms with Gasteiger partial charge in [-0.25, -0.2) is 0 Å². The van der Waals surface area contributed by atoms with Gasteiger partial charge in [-0.05, 0) is 29.8 Å². The molecule has 0 radical (unpaired) electrons. The topological polar surface area (TPSA) is 60.5 Å². The lowest BCUT2D eigenvalue weighted by Crippen LogP contribution is -2.23. The molecule has 0 saturated carbocycles. The lowest BCUT2D eigenvalue weighted by molar-refractivity contribution is 0.0950. The summed E-state index contributed by atoms with van der Waals surface area (Å²) in [7, 11) is 0. The van der Waals surface area contributed by atoms with Crippen LogP contribution >= 0.6 is 0 Å². The van der Waals surface area contributed by atoms with Crippen molar-refractivity contribution in [2.75, 3.05) is 6.79 Å². The van der Waals surface area contributed by atoms with Crippen LogP contribution in [0.15, 0.2) is 66.9 Å². The van der Waals surface area contributed by atoms with Crippen LogP contribution in [0.25, 0.3) is 11.3 Å². The second-order valence-electron chi connectivity index (χ2n) is 5.63. The van der Waals surface area contributed by atoms with E-state index >= 15 is 0 Å². The molecule has 2 aromatic carbocycles. The van der Waals surface area contributed by atoms with Crippen LogP contribution in [0.3, 0.4) is 0 Å². The maximum atomic E-state index is 12.4. The molecule has 0 saturated heterocycles. The van der Waals surface area contributed by atoms with Gasteiger partial charge in [-0.2, -0.15) is 0 Å². The molecule has 1 amide bonds. The maximum Gasteiger partial charge on any atom is 0.251 e. The molecule has 2 heterocycles. The van der Waals surface area contributed by atoms with Gasteiger partial charge in [0.05, 0.1) is 5.69 Å². The Balaban J connectivity index is 1.51. The van der Waals surface area contributed by atoms with Gasteiger partial charge in [-0.3, -0.25) is 9.78 Å². The quantitative estimate of drug-likeness (QED) is 0.795. The lowest BCUT2D eigenvalue weighted by atomic mass is 10.1. The molecule has 1 aromatic heterocycles. The number of carbonyl (C=O) groups excluding carboxylic acids is 1. The number of pyridine rings is 1. The summed E-state index contributed by atoms with van der Waals surface area (Å²) in [6, 6.07) is 18.9. The number of rotatable bonds is 4. The molecule has 0 unspecified atom stereocenters. The molecule has 0 atom stereocenters. The predicted octanol–water partition coefficient (Wildman–Crippen LogP) is 3.41. The zero-order chi connectivity index (χ0) is 17.1. The van der Waals surface area contributed by atoms with E-state index in [4.69, 9.17) is 9.47 Å². The van der Waals surface area contributed by atoms with Gasteiger partial charge < -0.3 is 14.8 Å². The second kappa shape index (κ2) is 6.65. The number of fused-ring (bicyclic) bond motifs is 1. The number of amides is 1. The van der Waals surface area contributed by atoms with Gasteiger partial charge in [0.1, 0.15) is 0 Å². The zero-order valence-corrected chi connectivity index (χ0v) is 13.4. The summed E-state index contributed by atoms with van der Waals surface area (Å²) in [6.07, 6.45) is 1.76. The van der Waals surface area contributed by atoms with Crippen LogP contribution < -0.4 is 14.8 Å². The SMILES string of the molecule is O=C(NCc1cccnc1-c1ccccc1)c1ccc2c(c1)OCO2. The van der Waals surface area contributed by atoms with Crippen LogP contribution in [0.5, 0.6) is 11.5 Å². The third-order valence-electron chi connectivity index (χ3n) is 4.01. The van der Waals surface area contributed by atoms with E-state index < -0.39 is 0 Å². The van der Waals surface area contributed by atoms with Gasteiger partial charge >= 0.3 is 0 Å². The van der Waals surface area contributed by atoms with Crippen molar-refractivity contribution in [1.82, 2.24) is 10.3 Å². The number of aromatic nitrogens is 1. The number of carbonyl (C=O) groups is 1. The van der Waals surface area contributed by atoms with Crippen molar-refractivity contribution in [3.05, 3.63) is 78.0 Å². The number of nitrogens with zero attached hydrogens (tertiary/aromatic N) is 1. The molecule has 1 aliphatic rings. The van der Waals surface area contributed by atoms with E-state index in [-0.39, 0.29) is 12.7 Å². The first kappa shape index (κ1) is 15.2. The summed E-state index contributed by atoms with van der Waals surface area (Å²) >= 11 is 0. The van der Waals surface area contributed by atoms with Crippen molar-refractivity contribution in [2.45, 2.75) is 6.54 Å². The smallest absolute Gasteiger partial charge is 0.251 e. The molecule has 3 aromatic rings. The molecule has 1 aliphatic heterocycles. The Morgan fingerprint density at radius 2 is 1.84 bits per heavy atom. The molecule has 0 bridgehead atoms. The Labute approximate surface area is 145 Å². The van der Waals surface area contributed by atoms with Gasteiger partial charge in [0.2, 0.25) is 6.79 Å². The number of hydrogen-bond donors (Lipinski definition) is 1. The minimum absolute atomic E-state index is 0.166. The Hall–Kier alpha value is -3.34. The van der Waals surface area contributed by atoms with E-state index in [9.17, 15) is 4.79 Å². The first-order valence-electron chi connectivity index (χ1n) is 7.98. The number of hydrogen-bond acceptors (Lipinski definition) is 4. The fraction of sp³-hybridized carbons (Fsp3) is 0.100. The minimum atomic E-state index is -0.166. The van der Waals surface area contributed by atoms with Crippen LogP contribution in [0.4, 0.5) is 0 Å². The standard InChI is InChI=1S/C20H16N2O3/c23-20(15-8-9-17-18(11-15)25-13-24-17)22-12-16-7-4-10-21-19(16)14-5-2-1-3-6-14/h1-11H,12-13H2,(H,22,23). The predicted molar refractivity (Wildman–Crippen MR) is 93.4 cm³/mol. The summed E-state index contributed by atoms with van der Waals surface area (Å²) in [4.78, 5) is 16.9. The number of nitrogens with one attached hydrogen (secondary N) is 1. The average molecular weight is 332 g/mol. The highest BCUT2D eigenvalue weighted by Crippen LogP contribution is 2.32. The van der Waals surface area contributed by atoms with Crippen molar-refractivity contribution < 1.29 is 14.3 Å². The summed E-state index contributed by atoms with van der Waals surface area (Å²) < 4.78 is 10.6. The van der Waals surface area contributed by atoms with Crippen molar-refractivity contribution >= 4 is 5.91 Å². The average Bonchev–Trinajstić information content (AvgIpc) is 3.15. The van der Waals surface area contributed by atoms with Crippen LogP contribution in [-0.4, -0.2) is 17.7 Å². The Morgan fingerprint density at radius 1 is 1.00 bits per heavy atom. The molecule has 5 heteroatoms. The molecular weight excluding hydrogens is 316 g/mol. The monoisotopic (exact) mass is 332 g/mol. The fourth-order valence-electron chi connectivity index (χ4n) is 2.75. The second-order valence-corrected chi connectivity index (χ2v) is 5.63. The number of benzene rings is 2. The van der Waals surface area contributed by atoms with Crippen molar-refractivity contribution in [2.24, 2.45) is 0 Å². The first-order chi connectivity index (χ1) is 12.3. The maximum absolute atomic E-state index is 12.4. The van der Waals surface area contributed by atoms with E-state index in [1.54, 1.807) is 24.4 Å². The fourth-order valence-corrected chi connectivity index (χ4v) is 2.75. The summed E-state index contributed by atoms with van der Waals surface area (Å²) in [5, 5.41) is 2.94.